The van der Waals surface area contributed by atoms with E-state index in [2.05, 4.69) is 4.98 Å². The van der Waals surface area contributed by atoms with Crippen molar-refractivity contribution in [2.75, 3.05) is 0 Å². The first kappa shape index (κ1) is 14.1. The van der Waals surface area contributed by atoms with Gasteiger partial charge in [0.15, 0.2) is 0 Å². The van der Waals surface area contributed by atoms with E-state index in [1.807, 2.05) is 35.9 Å². The van der Waals surface area contributed by atoms with Crippen LogP contribution in [0.2, 0.25) is 0 Å². The van der Waals surface area contributed by atoms with Gasteiger partial charge in [-0.1, -0.05) is 12.1 Å². The van der Waals surface area contributed by atoms with Gasteiger partial charge in [-0.25, -0.2) is 4.98 Å². The van der Waals surface area contributed by atoms with Gasteiger partial charge in [0.1, 0.15) is 18.0 Å². The summed E-state index contributed by atoms with van der Waals surface area (Å²) in [6.45, 7) is 3.96. The number of imidazole rings is 1. The van der Waals surface area contributed by atoms with Crippen LogP contribution in [0.4, 0.5) is 5.69 Å². The fourth-order valence-corrected chi connectivity index (χ4v) is 2.33. The van der Waals surface area contributed by atoms with E-state index >= 15 is 0 Å². The summed E-state index contributed by atoms with van der Waals surface area (Å²) in [5.74, 6) is 0.502. The zero-order valence-corrected chi connectivity index (χ0v) is 12.3. The molecule has 0 aliphatic heterocycles. The van der Waals surface area contributed by atoms with Crippen molar-refractivity contribution in [2.45, 2.75) is 20.5 Å². The molecule has 0 aliphatic carbocycles. The molecule has 112 valence electrons. The summed E-state index contributed by atoms with van der Waals surface area (Å²) in [5.41, 5.74) is 3.35. The third kappa shape index (κ3) is 2.63. The molecule has 0 N–H and O–H groups in total. The molecule has 6 nitrogen and oxygen atoms in total. The number of fused-ring (bicyclic) bond motifs is 1. The highest BCUT2D eigenvalue weighted by Gasteiger charge is 2.14. The van der Waals surface area contributed by atoms with E-state index < -0.39 is 4.92 Å². The zero-order valence-electron chi connectivity index (χ0n) is 12.3. The van der Waals surface area contributed by atoms with Gasteiger partial charge in [0, 0.05) is 18.5 Å². The number of benzene rings is 1. The van der Waals surface area contributed by atoms with Crippen molar-refractivity contribution in [2.24, 2.45) is 0 Å². The van der Waals surface area contributed by atoms with E-state index in [4.69, 9.17) is 4.74 Å². The molecular weight excluding hydrogens is 282 g/mol. The smallest absolute Gasteiger partial charge is 0.276 e. The van der Waals surface area contributed by atoms with Crippen molar-refractivity contribution in [3.05, 3.63) is 69.7 Å². The van der Waals surface area contributed by atoms with Gasteiger partial charge in [-0.15, -0.1) is 0 Å². The van der Waals surface area contributed by atoms with Crippen LogP contribution >= 0.6 is 0 Å². The van der Waals surface area contributed by atoms with Crippen molar-refractivity contribution in [1.29, 1.82) is 0 Å². The monoisotopic (exact) mass is 297 g/mol. The van der Waals surface area contributed by atoms with Crippen LogP contribution in [0.1, 0.15) is 16.8 Å². The van der Waals surface area contributed by atoms with Gasteiger partial charge in [-0.2, -0.15) is 0 Å². The molecule has 0 saturated carbocycles. The highest BCUT2D eigenvalue weighted by molar-refractivity contribution is 5.48. The number of ether oxygens (including phenoxy) is 1. The molecular formula is C16H15N3O3. The third-order valence-electron chi connectivity index (χ3n) is 3.48. The minimum absolute atomic E-state index is 0.0585. The van der Waals surface area contributed by atoms with Crippen molar-refractivity contribution < 1.29 is 9.66 Å². The maximum atomic E-state index is 10.9. The average molecular weight is 297 g/mol. The molecule has 3 rings (SSSR count). The Morgan fingerprint density at radius 2 is 2.05 bits per heavy atom. The molecule has 22 heavy (non-hydrogen) atoms. The topological polar surface area (TPSA) is 69.7 Å². The van der Waals surface area contributed by atoms with Crippen LogP contribution < -0.4 is 4.74 Å². The highest BCUT2D eigenvalue weighted by Crippen LogP contribution is 2.27. The van der Waals surface area contributed by atoms with Gasteiger partial charge in [0.25, 0.3) is 5.69 Å². The lowest BCUT2D eigenvalue weighted by atomic mass is 10.2. The van der Waals surface area contributed by atoms with E-state index in [0.29, 0.717) is 11.3 Å². The van der Waals surface area contributed by atoms with E-state index in [-0.39, 0.29) is 12.3 Å². The minimum atomic E-state index is -0.407. The Balaban J connectivity index is 1.82. The molecule has 0 fully saturated rings. The maximum absolute atomic E-state index is 10.9. The van der Waals surface area contributed by atoms with Crippen LogP contribution in [0.3, 0.4) is 0 Å². The molecule has 0 radical (unpaired) electrons. The number of aromatic nitrogens is 2. The molecule has 0 aliphatic rings. The third-order valence-corrected chi connectivity index (χ3v) is 3.48. The minimum Gasteiger partial charge on any atom is -0.487 e. The quantitative estimate of drug-likeness (QED) is 0.546. The molecule has 0 saturated heterocycles. The number of hydrogen-bond donors (Lipinski definition) is 0. The second kappa shape index (κ2) is 5.48. The van der Waals surface area contributed by atoms with Gasteiger partial charge in [0.05, 0.1) is 16.2 Å². The van der Waals surface area contributed by atoms with Crippen LogP contribution in [-0.4, -0.2) is 14.3 Å². The van der Waals surface area contributed by atoms with Crippen LogP contribution in [0.5, 0.6) is 5.75 Å². The van der Waals surface area contributed by atoms with Crippen molar-refractivity contribution >= 4 is 11.3 Å². The molecule has 2 aromatic heterocycles. The number of aryl methyl sites for hydroxylation is 1. The van der Waals surface area contributed by atoms with Gasteiger partial charge >= 0.3 is 0 Å². The summed E-state index contributed by atoms with van der Waals surface area (Å²) in [4.78, 5) is 15.0. The lowest BCUT2D eigenvalue weighted by Crippen LogP contribution is -1.99. The first-order valence-corrected chi connectivity index (χ1v) is 6.85. The van der Waals surface area contributed by atoms with Gasteiger partial charge in [-0.05, 0) is 31.5 Å². The fourth-order valence-electron chi connectivity index (χ4n) is 2.33. The SMILES string of the molecule is Cc1ccc2nc(COc3cccc([N+](=O)[O-])c3C)cn2c1. The highest BCUT2D eigenvalue weighted by atomic mass is 16.6. The van der Waals surface area contributed by atoms with Gasteiger partial charge in [-0.3, -0.25) is 10.1 Å². The van der Waals surface area contributed by atoms with E-state index in [1.165, 1.54) is 6.07 Å². The molecule has 1 aromatic carbocycles. The Hall–Kier alpha value is -2.89. The molecule has 0 atom stereocenters. The van der Waals surface area contributed by atoms with Crippen molar-refractivity contribution in [3.63, 3.8) is 0 Å². The standard InChI is InChI=1S/C16H15N3O3/c1-11-6-7-16-17-13(9-18(16)8-11)10-22-15-5-3-4-14(12(15)2)19(20)21/h3-9H,10H2,1-2H3. The summed E-state index contributed by atoms with van der Waals surface area (Å²) < 4.78 is 7.63. The summed E-state index contributed by atoms with van der Waals surface area (Å²) in [6, 6.07) is 8.75. The number of hydrogen-bond acceptors (Lipinski definition) is 4. The van der Waals surface area contributed by atoms with Crippen LogP contribution in [0.15, 0.2) is 42.7 Å². The maximum Gasteiger partial charge on any atom is 0.276 e. The number of nitro benzene ring substituents is 1. The molecule has 6 heteroatoms. The lowest BCUT2D eigenvalue weighted by molar-refractivity contribution is -0.385. The second-order valence-corrected chi connectivity index (χ2v) is 5.15. The van der Waals surface area contributed by atoms with Crippen LogP contribution in [-0.2, 0) is 6.61 Å². The Labute approximate surface area is 127 Å². The predicted octanol–water partition coefficient (Wildman–Crippen LogP) is 3.44. The number of rotatable bonds is 4. The average Bonchev–Trinajstić information content (AvgIpc) is 2.87. The van der Waals surface area contributed by atoms with Crippen molar-refractivity contribution in [1.82, 2.24) is 9.38 Å². The Morgan fingerprint density at radius 1 is 1.23 bits per heavy atom. The number of nitro groups is 1. The number of pyridine rings is 1. The normalized spacial score (nSPS) is 10.8. The van der Waals surface area contributed by atoms with Gasteiger partial charge in [0.2, 0.25) is 0 Å². The van der Waals surface area contributed by atoms with E-state index in [9.17, 15) is 10.1 Å². The molecule has 3 aromatic rings. The Bertz CT molecular complexity index is 855. The zero-order chi connectivity index (χ0) is 15.7. The molecule has 0 amide bonds. The predicted molar refractivity (Wildman–Crippen MR) is 82.1 cm³/mol. The first-order valence-electron chi connectivity index (χ1n) is 6.85. The summed E-state index contributed by atoms with van der Waals surface area (Å²) >= 11 is 0. The van der Waals surface area contributed by atoms with Crippen LogP contribution in [0.25, 0.3) is 5.65 Å². The first-order chi connectivity index (χ1) is 10.5. The molecule has 0 unspecified atom stereocenters. The van der Waals surface area contributed by atoms with Crippen LogP contribution in [0, 0.1) is 24.0 Å². The van der Waals surface area contributed by atoms with E-state index in [0.717, 1.165) is 16.9 Å². The Morgan fingerprint density at radius 3 is 2.82 bits per heavy atom. The second-order valence-electron chi connectivity index (χ2n) is 5.15. The number of nitrogens with zero attached hydrogens (tertiary/aromatic N) is 3. The summed E-state index contributed by atoms with van der Waals surface area (Å²) in [7, 11) is 0. The van der Waals surface area contributed by atoms with E-state index in [1.54, 1.807) is 19.1 Å². The lowest BCUT2D eigenvalue weighted by Gasteiger charge is -2.07. The van der Waals surface area contributed by atoms with Gasteiger partial charge < -0.3 is 9.14 Å². The fraction of sp³-hybridized carbons (Fsp3) is 0.188. The Kier molecular flexibility index (Phi) is 3.50. The summed E-state index contributed by atoms with van der Waals surface area (Å²) in [6.07, 6.45) is 3.89. The molecule has 0 bridgehead atoms. The molecule has 2 heterocycles. The molecule has 0 spiro atoms. The largest absolute Gasteiger partial charge is 0.487 e. The summed E-state index contributed by atoms with van der Waals surface area (Å²) in [5, 5.41) is 10.9. The van der Waals surface area contributed by atoms with Crippen molar-refractivity contribution in [3.8, 4) is 5.75 Å².